The van der Waals surface area contributed by atoms with E-state index in [1.807, 2.05) is 24.8 Å². The fourth-order valence-corrected chi connectivity index (χ4v) is 4.34. The molecule has 1 fully saturated rings. The zero-order valence-electron chi connectivity index (χ0n) is 16.9. The minimum atomic E-state index is -0.799. The van der Waals surface area contributed by atoms with Crippen LogP contribution in [0.25, 0.3) is 0 Å². The monoisotopic (exact) mass is 385 g/mol. The molecule has 2 aliphatic heterocycles. The zero-order chi connectivity index (χ0) is 19.9. The predicted octanol–water partition coefficient (Wildman–Crippen LogP) is 2.55. The molecule has 4 rings (SSSR count). The van der Waals surface area contributed by atoms with E-state index >= 15 is 0 Å². The van der Waals surface area contributed by atoms with Gasteiger partial charge in [0.1, 0.15) is 11.6 Å². The van der Waals surface area contributed by atoms with Gasteiger partial charge in [-0.15, -0.1) is 10.2 Å². The van der Waals surface area contributed by atoms with Crippen LogP contribution in [0.2, 0.25) is 0 Å². The van der Waals surface area contributed by atoms with Crippen LogP contribution >= 0.6 is 0 Å². The number of rotatable bonds is 3. The average Bonchev–Trinajstić information content (AvgIpc) is 3.26. The number of likely N-dealkylation sites (N-methyl/N-ethyl adjacent to an activating group) is 1. The molecule has 0 saturated carbocycles. The van der Waals surface area contributed by atoms with E-state index in [4.69, 9.17) is 0 Å². The normalized spacial score (nSPS) is 20.9. The lowest BCUT2D eigenvalue weighted by Crippen LogP contribution is -2.43. The Balaban J connectivity index is 1.62. The lowest BCUT2D eigenvalue weighted by molar-refractivity contribution is -0.137. The second kappa shape index (κ2) is 7.28. The standard InChI is InChI=1S/C21H28FN5O/c1-21(2,15-6-4-7-16(22)14-15)20(28)26-10-5-8-17(26)19-24-23-18-9-11-25(3)12-13-27(18)19/h4,6-7,14,17H,5,8-13H2,1-3H3/t17-/m0/s1. The predicted molar refractivity (Wildman–Crippen MR) is 104 cm³/mol. The molecular formula is C21H28FN5O. The Kier molecular flexibility index (Phi) is 4.95. The molecule has 1 atom stereocenters. The Morgan fingerprint density at radius 3 is 2.79 bits per heavy atom. The molecule has 1 saturated heterocycles. The Morgan fingerprint density at radius 2 is 2.00 bits per heavy atom. The van der Waals surface area contributed by atoms with Crippen LogP contribution in [0, 0.1) is 5.82 Å². The molecule has 2 aromatic rings. The van der Waals surface area contributed by atoms with E-state index in [9.17, 15) is 9.18 Å². The molecule has 150 valence electrons. The van der Waals surface area contributed by atoms with Crippen LogP contribution in [0.1, 0.15) is 49.9 Å². The summed E-state index contributed by atoms with van der Waals surface area (Å²) in [7, 11) is 2.12. The van der Waals surface area contributed by atoms with Gasteiger partial charge < -0.3 is 14.4 Å². The number of fused-ring (bicyclic) bond motifs is 1. The smallest absolute Gasteiger partial charge is 0.233 e. The van der Waals surface area contributed by atoms with Crippen molar-refractivity contribution in [1.82, 2.24) is 24.6 Å². The van der Waals surface area contributed by atoms with Gasteiger partial charge in [0, 0.05) is 32.6 Å². The maximum Gasteiger partial charge on any atom is 0.233 e. The molecule has 2 aliphatic rings. The first-order valence-corrected chi connectivity index (χ1v) is 10.1. The highest BCUT2D eigenvalue weighted by Crippen LogP contribution is 2.36. The fourth-order valence-electron chi connectivity index (χ4n) is 4.34. The Hall–Kier alpha value is -2.28. The lowest BCUT2D eigenvalue weighted by Gasteiger charge is -2.33. The molecule has 3 heterocycles. The number of carbonyl (C=O) groups is 1. The number of aromatic nitrogens is 3. The lowest BCUT2D eigenvalue weighted by atomic mass is 9.83. The van der Waals surface area contributed by atoms with Crippen molar-refractivity contribution in [3.63, 3.8) is 0 Å². The third kappa shape index (κ3) is 3.32. The van der Waals surface area contributed by atoms with Gasteiger partial charge in [-0.1, -0.05) is 12.1 Å². The first-order valence-electron chi connectivity index (χ1n) is 10.1. The van der Waals surface area contributed by atoms with Gasteiger partial charge in [0.05, 0.1) is 11.5 Å². The van der Waals surface area contributed by atoms with Gasteiger partial charge in [-0.3, -0.25) is 4.79 Å². The van der Waals surface area contributed by atoms with E-state index in [1.165, 1.54) is 12.1 Å². The van der Waals surface area contributed by atoms with Gasteiger partial charge in [0.15, 0.2) is 5.82 Å². The maximum atomic E-state index is 13.7. The molecule has 6 nitrogen and oxygen atoms in total. The van der Waals surface area contributed by atoms with Crippen molar-refractivity contribution in [2.24, 2.45) is 0 Å². The van der Waals surface area contributed by atoms with E-state index in [2.05, 4.69) is 26.7 Å². The highest BCUT2D eigenvalue weighted by atomic mass is 19.1. The number of amides is 1. The van der Waals surface area contributed by atoms with Crippen LogP contribution in [-0.2, 0) is 23.2 Å². The van der Waals surface area contributed by atoms with Crippen LogP contribution in [0.4, 0.5) is 4.39 Å². The molecule has 0 radical (unpaired) electrons. The molecule has 28 heavy (non-hydrogen) atoms. The van der Waals surface area contributed by atoms with Gasteiger partial charge in [-0.25, -0.2) is 4.39 Å². The van der Waals surface area contributed by atoms with Crippen molar-refractivity contribution in [2.45, 2.75) is 51.1 Å². The van der Waals surface area contributed by atoms with E-state index in [0.29, 0.717) is 12.1 Å². The first kappa shape index (κ1) is 19.1. The number of hydrogen-bond acceptors (Lipinski definition) is 4. The second-order valence-corrected chi connectivity index (χ2v) is 8.47. The number of benzene rings is 1. The fraction of sp³-hybridized carbons (Fsp3) is 0.571. The number of carbonyl (C=O) groups excluding carboxylic acids is 1. The van der Waals surface area contributed by atoms with Gasteiger partial charge >= 0.3 is 0 Å². The summed E-state index contributed by atoms with van der Waals surface area (Å²) in [6.07, 6.45) is 2.70. The summed E-state index contributed by atoms with van der Waals surface area (Å²) in [6, 6.07) is 6.29. The molecule has 0 aliphatic carbocycles. The van der Waals surface area contributed by atoms with Crippen molar-refractivity contribution in [2.75, 3.05) is 26.7 Å². The molecule has 7 heteroatoms. The minimum Gasteiger partial charge on any atom is -0.332 e. The van der Waals surface area contributed by atoms with Gasteiger partial charge in [0.25, 0.3) is 0 Å². The third-order valence-electron chi connectivity index (χ3n) is 6.17. The summed E-state index contributed by atoms with van der Waals surface area (Å²) < 4.78 is 15.9. The van der Waals surface area contributed by atoms with Crippen LogP contribution in [0.15, 0.2) is 24.3 Å². The summed E-state index contributed by atoms with van der Waals surface area (Å²) in [4.78, 5) is 17.7. The molecule has 1 aromatic carbocycles. The highest BCUT2D eigenvalue weighted by Gasteiger charge is 2.41. The zero-order valence-corrected chi connectivity index (χ0v) is 16.9. The number of halogens is 1. The van der Waals surface area contributed by atoms with Gasteiger partial charge in [0.2, 0.25) is 5.91 Å². The van der Waals surface area contributed by atoms with E-state index in [1.54, 1.807) is 6.07 Å². The van der Waals surface area contributed by atoms with Crippen LogP contribution in [0.3, 0.4) is 0 Å². The number of hydrogen-bond donors (Lipinski definition) is 0. The number of nitrogens with zero attached hydrogens (tertiary/aromatic N) is 5. The van der Waals surface area contributed by atoms with E-state index in [-0.39, 0.29) is 17.8 Å². The molecular weight excluding hydrogens is 357 g/mol. The minimum absolute atomic E-state index is 0.0173. The third-order valence-corrected chi connectivity index (χ3v) is 6.17. The highest BCUT2D eigenvalue weighted by molar-refractivity contribution is 5.88. The molecule has 1 aromatic heterocycles. The SMILES string of the molecule is CN1CCc2nnc([C@@H]3CCCN3C(=O)C(C)(C)c3cccc(F)c3)n2CC1. The quantitative estimate of drug-likeness (QED) is 0.815. The van der Waals surface area contributed by atoms with Crippen molar-refractivity contribution in [3.05, 3.63) is 47.3 Å². The molecule has 1 amide bonds. The second-order valence-electron chi connectivity index (χ2n) is 8.47. The summed E-state index contributed by atoms with van der Waals surface area (Å²) in [5.74, 6) is 1.60. The first-order chi connectivity index (χ1) is 13.4. The Labute approximate surface area is 165 Å². The van der Waals surface area contributed by atoms with Crippen LogP contribution < -0.4 is 0 Å². The van der Waals surface area contributed by atoms with Crippen LogP contribution in [-0.4, -0.2) is 57.2 Å². The van der Waals surface area contributed by atoms with Gasteiger partial charge in [-0.2, -0.15) is 0 Å². The van der Waals surface area contributed by atoms with Crippen molar-refractivity contribution in [3.8, 4) is 0 Å². The summed E-state index contributed by atoms with van der Waals surface area (Å²) in [5.41, 5.74) is -0.100. The largest absolute Gasteiger partial charge is 0.332 e. The summed E-state index contributed by atoms with van der Waals surface area (Å²) >= 11 is 0. The van der Waals surface area contributed by atoms with Gasteiger partial charge in [-0.05, 0) is 51.4 Å². The van der Waals surface area contributed by atoms with Crippen molar-refractivity contribution >= 4 is 5.91 Å². The summed E-state index contributed by atoms with van der Waals surface area (Å²) in [5, 5.41) is 8.91. The molecule has 0 unspecified atom stereocenters. The van der Waals surface area contributed by atoms with Crippen LogP contribution in [0.5, 0.6) is 0 Å². The molecule has 0 spiro atoms. The Bertz CT molecular complexity index is 877. The molecule has 0 bridgehead atoms. The maximum absolute atomic E-state index is 13.7. The topological polar surface area (TPSA) is 54.3 Å². The van der Waals surface area contributed by atoms with E-state index in [0.717, 1.165) is 50.5 Å². The average molecular weight is 385 g/mol. The summed E-state index contributed by atoms with van der Waals surface area (Å²) in [6.45, 7) is 7.22. The van der Waals surface area contributed by atoms with Crippen molar-refractivity contribution < 1.29 is 9.18 Å². The van der Waals surface area contributed by atoms with Crippen molar-refractivity contribution in [1.29, 1.82) is 0 Å². The Morgan fingerprint density at radius 1 is 1.18 bits per heavy atom. The van der Waals surface area contributed by atoms with E-state index < -0.39 is 5.41 Å². The molecule has 0 N–H and O–H groups in total. The number of likely N-dealkylation sites (tertiary alicyclic amines) is 1.